The van der Waals surface area contributed by atoms with Gasteiger partial charge in [-0.3, -0.25) is 0 Å². The van der Waals surface area contributed by atoms with Crippen molar-refractivity contribution in [2.45, 2.75) is 6.92 Å². The van der Waals surface area contributed by atoms with Crippen molar-refractivity contribution < 1.29 is 4.42 Å². The van der Waals surface area contributed by atoms with Crippen LogP contribution in [0.15, 0.2) is 83.3 Å². The van der Waals surface area contributed by atoms with E-state index in [2.05, 4.69) is 71.7 Å². The fourth-order valence-electron chi connectivity index (χ4n) is 3.79. The first kappa shape index (κ1) is 16.5. The van der Waals surface area contributed by atoms with Gasteiger partial charge in [-0.2, -0.15) is 0 Å². The SMILES string of the molecule is Cc1ccc2c(n1)oc1c(-c3ccc4sc(-c5ccccc5)cc4n3)cccc12. The molecule has 0 N–H and O–H groups in total. The molecule has 0 saturated heterocycles. The molecule has 138 valence electrons. The standard InChI is InChI=1S/C25H16N2OS/c1-15-10-11-18-17-8-5-9-19(24(17)28-25(18)26-15)20-12-13-22-21(27-20)14-23(29-22)16-6-3-2-4-7-16/h2-14H,1H3. The predicted molar refractivity (Wildman–Crippen MR) is 120 cm³/mol. The Morgan fingerprint density at radius 3 is 2.59 bits per heavy atom. The molecule has 6 rings (SSSR count). The van der Waals surface area contributed by atoms with Crippen LogP contribution in [0.1, 0.15) is 5.69 Å². The van der Waals surface area contributed by atoms with Crippen molar-refractivity contribution in [2.24, 2.45) is 0 Å². The molecule has 0 bridgehead atoms. The summed E-state index contributed by atoms with van der Waals surface area (Å²) < 4.78 is 7.34. The average molecular weight is 392 g/mol. The van der Waals surface area contributed by atoms with Crippen molar-refractivity contribution in [3.05, 3.63) is 84.6 Å². The van der Waals surface area contributed by atoms with Crippen molar-refractivity contribution in [3.8, 4) is 21.7 Å². The molecule has 0 fully saturated rings. The Balaban J connectivity index is 1.54. The van der Waals surface area contributed by atoms with Gasteiger partial charge < -0.3 is 4.42 Å². The van der Waals surface area contributed by atoms with E-state index in [1.807, 2.05) is 19.1 Å². The molecule has 6 aromatic rings. The predicted octanol–water partition coefficient (Wildman–Crippen LogP) is 7.23. The number of nitrogens with zero attached hydrogens (tertiary/aromatic N) is 2. The molecule has 0 aliphatic rings. The van der Waals surface area contributed by atoms with Gasteiger partial charge in [0.25, 0.3) is 0 Å². The van der Waals surface area contributed by atoms with Crippen LogP contribution in [-0.4, -0.2) is 9.97 Å². The lowest BCUT2D eigenvalue weighted by Gasteiger charge is -2.02. The number of hydrogen-bond donors (Lipinski definition) is 0. The summed E-state index contributed by atoms with van der Waals surface area (Å²) in [7, 11) is 0. The molecule has 3 nitrogen and oxygen atoms in total. The van der Waals surface area contributed by atoms with Crippen LogP contribution < -0.4 is 0 Å². The fourth-order valence-corrected chi connectivity index (χ4v) is 4.80. The lowest BCUT2D eigenvalue weighted by molar-refractivity contribution is 0.653. The van der Waals surface area contributed by atoms with Crippen LogP contribution >= 0.6 is 11.3 Å². The van der Waals surface area contributed by atoms with Crippen LogP contribution in [0.2, 0.25) is 0 Å². The quantitative estimate of drug-likeness (QED) is 0.312. The molecular weight excluding hydrogens is 376 g/mol. The van der Waals surface area contributed by atoms with E-state index in [1.54, 1.807) is 11.3 Å². The molecule has 0 amide bonds. The smallest absolute Gasteiger partial charge is 0.227 e. The zero-order valence-electron chi connectivity index (χ0n) is 15.7. The van der Waals surface area contributed by atoms with Crippen LogP contribution in [0.3, 0.4) is 0 Å². The number of thiophene rings is 1. The number of benzene rings is 2. The summed E-state index contributed by atoms with van der Waals surface area (Å²) in [4.78, 5) is 10.7. The highest BCUT2D eigenvalue weighted by atomic mass is 32.1. The molecule has 2 aromatic carbocycles. The maximum absolute atomic E-state index is 6.16. The van der Waals surface area contributed by atoms with Crippen LogP contribution in [-0.2, 0) is 0 Å². The van der Waals surface area contributed by atoms with Gasteiger partial charge in [-0.25, -0.2) is 9.97 Å². The number of aryl methyl sites for hydroxylation is 1. The van der Waals surface area contributed by atoms with E-state index in [0.717, 1.165) is 38.8 Å². The number of furan rings is 1. The van der Waals surface area contributed by atoms with Gasteiger partial charge in [-0.15, -0.1) is 11.3 Å². The lowest BCUT2D eigenvalue weighted by Crippen LogP contribution is -1.83. The summed E-state index contributed by atoms with van der Waals surface area (Å²) in [5.74, 6) is 0. The van der Waals surface area contributed by atoms with Crippen molar-refractivity contribution in [3.63, 3.8) is 0 Å². The van der Waals surface area contributed by atoms with Crippen molar-refractivity contribution in [1.29, 1.82) is 0 Å². The second-order valence-electron chi connectivity index (χ2n) is 7.15. The van der Waals surface area contributed by atoms with Gasteiger partial charge in [0.1, 0.15) is 5.58 Å². The Hall–Kier alpha value is -3.50. The third kappa shape index (κ3) is 2.64. The zero-order chi connectivity index (χ0) is 19.4. The van der Waals surface area contributed by atoms with Gasteiger partial charge in [-0.05, 0) is 48.9 Å². The molecular formula is C25H16N2OS. The van der Waals surface area contributed by atoms with Crippen LogP contribution in [0.5, 0.6) is 0 Å². The van der Waals surface area contributed by atoms with E-state index in [4.69, 9.17) is 9.40 Å². The number of para-hydroxylation sites is 1. The molecule has 4 heteroatoms. The average Bonchev–Trinajstić information content (AvgIpc) is 3.34. The Morgan fingerprint density at radius 2 is 1.69 bits per heavy atom. The van der Waals surface area contributed by atoms with Gasteiger partial charge in [0.2, 0.25) is 5.71 Å². The maximum atomic E-state index is 6.16. The molecule has 29 heavy (non-hydrogen) atoms. The molecule has 0 aliphatic carbocycles. The highest BCUT2D eigenvalue weighted by Crippen LogP contribution is 2.37. The second-order valence-corrected chi connectivity index (χ2v) is 8.23. The minimum absolute atomic E-state index is 0.676. The normalized spacial score (nSPS) is 11.6. The number of rotatable bonds is 2. The topological polar surface area (TPSA) is 38.9 Å². The Bertz CT molecular complexity index is 1510. The van der Waals surface area contributed by atoms with Gasteiger partial charge in [0.15, 0.2) is 0 Å². The summed E-state index contributed by atoms with van der Waals surface area (Å²) in [5, 5.41) is 2.11. The molecule has 4 heterocycles. The van der Waals surface area contributed by atoms with Crippen LogP contribution in [0, 0.1) is 6.92 Å². The molecule has 0 spiro atoms. The second kappa shape index (κ2) is 6.26. The maximum Gasteiger partial charge on any atom is 0.227 e. The largest absolute Gasteiger partial charge is 0.437 e. The lowest BCUT2D eigenvalue weighted by atomic mass is 10.1. The van der Waals surface area contributed by atoms with E-state index in [-0.39, 0.29) is 0 Å². The molecule has 4 aromatic heterocycles. The zero-order valence-corrected chi connectivity index (χ0v) is 16.5. The van der Waals surface area contributed by atoms with Crippen LogP contribution in [0.4, 0.5) is 0 Å². The van der Waals surface area contributed by atoms with Gasteiger partial charge >= 0.3 is 0 Å². The minimum Gasteiger partial charge on any atom is -0.437 e. The highest BCUT2D eigenvalue weighted by Gasteiger charge is 2.15. The Kier molecular flexibility index (Phi) is 3.55. The van der Waals surface area contributed by atoms with Crippen molar-refractivity contribution in [1.82, 2.24) is 9.97 Å². The van der Waals surface area contributed by atoms with Crippen LogP contribution in [0.25, 0.3) is 54.0 Å². The number of aromatic nitrogens is 2. The highest BCUT2D eigenvalue weighted by molar-refractivity contribution is 7.22. The first-order valence-electron chi connectivity index (χ1n) is 9.51. The van der Waals surface area contributed by atoms with E-state index >= 15 is 0 Å². The summed E-state index contributed by atoms with van der Waals surface area (Å²) >= 11 is 1.77. The first-order chi connectivity index (χ1) is 14.3. The van der Waals surface area contributed by atoms with Crippen molar-refractivity contribution >= 4 is 43.6 Å². The molecule has 0 aliphatic heterocycles. The minimum atomic E-state index is 0.676. The third-order valence-electron chi connectivity index (χ3n) is 5.21. The first-order valence-corrected chi connectivity index (χ1v) is 10.3. The molecule has 0 atom stereocenters. The molecule has 0 radical (unpaired) electrons. The summed E-state index contributed by atoms with van der Waals surface area (Å²) in [6.45, 7) is 1.98. The Labute approximate surface area is 171 Å². The molecule has 0 unspecified atom stereocenters. The van der Waals surface area contributed by atoms with Gasteiger partial charge in [-0.1, -0.05) is 42.5 Å². The van der Waals surface area contributed by atoms with E-state index < -0.39 is 0 Å². The Morgan fingerprint density at radius 1 is 0.793 bits per heavy atom. The number of pyridine rings is 2. The monoisotopic (exact) mass is 392 g/mol. The summed E-state index contributed by atoms with van der Waals surface area (Å²) in [5.41, 5.74) is 6.60. The van der Waals surface area contributed by atoms with Gasteiger partial charge in [0.05, 0.1) is 15.9 Å². The molecule has 0 saturated carbocycles. The van der Waals surface area contributed by atoms with E-state index in [0.29, 0.717) is 5.71 Å². The fraction of sp³-hybridized carbons (Fsp3) is 0.0400. The summed E-state index contributed by atoms with van der Waals surface area (Å²) in [6.07, 6.45) is 0. The summed E-state index contributed by atoms with van der Waals surface area (Å²) in [6, 6.07) is 27.1. The van der Waals surface area contributed by atoms with E-state index in [1.165, 1.54) is 15.1 Å². The van der Waals surface area contributed by atoms with Gasteiger partial charge in [0, 0.05) is 26.9 Å². The third-order valence-corrected chi connectivity index (χ3v) is 6.35. The van der Waals surface area contributed by atoms with Crippen molar-refractivity contribution in [2.75, 3.05) is 0 Å². The number of hydrogen-bond acceptors (Lipinski definition) is 4. The number of fused-ring (bicyclic) bond motifs is 4. The van der Waals surface area contributed by atoms with E-state index in [9.17, 15) is 0 Å².